The molecule has 0 radical (unpaired) electrons. The summed E-state index contributed by atoms with van der Waals surface area (Å²) in [5.74, 6) is -0.855. The van der Waals surface area contributed by atoms with Gasteiger partial charge in [0.05, 0.1) is 12.7 Å². The number of methoxy groups -OCH3 is 1. The Balaban J connectivity index is 1.68. The van der Waals surface area contributed by atoms with Crippen molar-refractivity contribution in [3.05, 3.63) is 65.2 Å². The Hall–Kier alpha value is -3.07. The number of aromatic hydroxyl groups is 1. The maximum atomic E-state index is 12.7. The molecule has 0 aromatic heterocycles. The number of alkyl halides is 3. The fourth-order valence-electron chi connectivity index (χ4n) is 3.53. The number of phenols is 1. The van der Waals surface area contributed by atoms with Crippen LogP contribution in [0, 0.1) is 0 Å². The van der Waals surface area contributed by atoms with E-state index < -0.39 is 29.7 Å². The minimum Gasteiger partial charge on any atom is -0.508 e. The summed E-state index contributed by atoms with van der Waals surface area (Å²) in [4.78, 5) is 26.5. The highest BCUT2D eigenvalue weighted by atomic mass is 19.4. The topological polar surface area (TPSA) is 78.9 Å². The second-order valence-corrected chi connectivity index (χ2v) is 7.12. The van der Waals surface area contributed by atoms with Gasteiger partial charge in [-0.2, -0.15) is 13.2 Å². The summed E-state index contributed by atoms with van der Waals surface area (Å²) in [5.41, 5.74) is 0.0608. The van der Waals surface area contributed by atoms with Crippen molar-refractivity contribution >= 4 is 11.9 Å². The molecular formula is C21H21F3N2O4. The number of hydrogen-bond acceptors (Lipinski definition) is 5. The lowest BCUT2D eigenvalue weighted by Gasteiger charge is -2.22. The molecule has 1 fully saturated rings. The molecule has 6 nitrogen and oxygen atoms in total. The first-order chi connectivity index (χ1) is 14.2. The summed E-state index contributed by atoms with van der Waals surface area (Å²) in [6, 6.07) is 9.60. The van der Waals surface area contributed by atoms with E-state index in [1.807, 2.05) is 11.0 Å². The van der Waals surface area contributed by atoms with E-state index in [2.05, 4.69) is 5.32 Å². The van der Waals surface area contributed by atoms with Gasteiger partial charge in [0.15, 0.2) is 0 Å². The number of carbonyl (C=O) groups excluding carboxylic acids is 2. The molecule has 1 amide bonds. The Kier molecular flexibility index (Phi) is 6.31. The minimum atomic E-state index is -4.47. The number of amides is 1. The van der Waals surface area contributed by atoms with Crippen LogP contribution in [0.1, 0.15) is 27.9 Å². The van der Waals surface area contributed by atoms with Crippen molar-refractivity contribution in [1.29, 1.82) is 0 Å². The number of carbonyl (C=O) groups is 2. The molecule has 0 bridgehead atoms. The van der Waals surface area contributed by atoms with Crippen LogP contribution in [-0.2, 0) is 22.3 Å². The van der Waals surface area contributed by atoms with Crippen molar-refractivity contribution in [3.63, 3.8) is 0 Å². The van der Waals surface area contributed by atoms with E-state index in [9.17, 15) is 27.9 Å². The highest BCUT2D eigenvalue weighted by Gasteiger charge is 2.38. The third kappa shape index (κ3) is 5.10. The number of rotatable bonds is 5. The number of nitrogens with one attached hydrogen (secondary N) is 1. The van der Waals surface area contributed by atoms with E-state index >= 15 is 0 Å². The first-order valence-corrected chi connectivity index (χ1v) is 9.25. The Morgan fingerprint density at radius 3 is 2.50 bits per heavy atom. The van der Waals surface area contributed by atoms with E-state index in [1.54, 1.807) is 18.2 Å². The highest BCUT2D eigenvalue weighted by Crippen LogP contribution is 2.29. The van der Waals surface area contributed by atoms with Crippen LogP contribution in [0.2, 0.25) is 0 Å². The molecule has 0 saturated carbocycles. The summed E-state index contributed by atoms with van der Waals surface area (Å²) in [5, 5.41) is 12.4. The van der Waals surface area contributed by atoms with Crippen LogP contribution >= 0.6 is 0 Å². The summed E-state index contributed by atoms with van der Waals surface area (Å²) in [6.45, 7) is 0.711. The Morgan fingerprint density at radius 2 is 1.90 bits per heavy atom. The molecule has 30 heavy (non-hydrogen) atoms. The van der Waals surface area contributed by atoms with Gasteiger partial charge in [0, 0.05) is 24.7 Å². The molecule has 9 heteroatoms. The normalized spacial score (nSPS) is 19.5. The maximum absolute atomic E-state index is 12.7. The molecule has 2 N–H and O–H groups in total. The van der Waals surface area contributed by atoms with E-state index in [1.165, 1.54) is 7.11 Å². The van der Waals surface area contributed by atoms with Crippen molar-refractivity contribution in [2.45, 2.75) is 31.2 Å². The summed E-state index contributed by atoms with van der Waals surface area (Å²) < 4.78 is 42.9. The third-order valence-electron chi connectivity index (χ3n) is 4.98. The van der Waals surface area contributed by atoms with Crippen LogP contribution in [0.4, 0.5) is 13.2 Å². The second-order valence-electron chi connectivity index (χ2n) is 7.12. The van der Waals surface area contributed by atoms with Gasteiger partial charge < -0.3 is 15.2 Å². The number of phenolic OH excluding ortho intramolecular Hbond substituents is 1. The quantitative estimate of drug-likeness (QED) is 0.725. The van der Waals surface area contributed by atoms with Crippen LogP contribution in [0.25, 0.3) is 0 Å². The van der Waals surface area contributed by atoms with E-state index in [4.69, 9.17) is 4.74 Å². The van der Waals surface area contributed by atoms with Gasteiger partial charge in [-0.05, 0) is 48.4 Å². The van der Waals surface area contributed by atoms with Gasteiger partial charge in [0.2, 0.25) is 0 Å². The Bertz CT molecular complexity index is 915. The highest BCUT2D eigenvalue weighted by molar-refractivity contribution is 5.94. The first kappa shape index (κ1) is 21.6. The van der Waals surface area contributed by atoms with Crippen molar-refractivity contribution in [1.82, 2.24) is 10.2 Å². The van der Waals surface area contributed by atoms with Crippen LogP contribution in [0.5, 0.6) is 5.75 Å². The van der Waals surface area contributed by atoms with Gasteiger partial charge in [-0.3, -0.25) is 14.5 Å². The molecule has 1 heterocycles. The zero-order chi connectivity index (χ0) is 21.9. The number of esters is 1. The molecule has 3 rings (SSSR count). The molecule has 0 spiro atoms. The van der Waals surface area contributed by atoms with Crippen LogP contribution in [0.3, 0.4) is 0 Å². The molecule has 1 aliphatic rings. The lowest BCUT2D eigenvalue weighted by atomic mass is 10.1. The average molecular weight is 422 g/mol. The summed E-state index contributed by atoms with van der Waals surface area (Å²) in [7, 11) is 1.28. The van der Waals surface area contributed by atoms with Crippen LogP contribution in [-0.4, -0.2) is 47.6 Å². The number of hydrogen-bond donors (Lipinski definition) is 2. The van der Waals surface area contributed by atoms with Gasteiger partial charge in [-0.15, -0.1) is 0 Å². The van der Waals surface area contributed by atoms with Crippen molar-refractivity contribution in [2.24, 2.45) is 0 Å². The average Bonchev–Trinajstić information content (AvgIpc) is 3.08. The van der Waals surface area contributed by atoms with Gasteiger partial charge in [0.1, 0.15) is 11.8 Å². The van der Waals surface area contributed by atoms with Crippen molar-refractivity contribution in [3.8, 4) is 5.75 Å². The second kappa shape index (κ2) is 8.74. The van der Waals surface area contributed by atoms with Crippen molar-refractivity contribution in [2.75, 3.05) is 13.7 Å². The number of nitrogens with zero attached hydrogens (tertiary/aromatic N) is 1. The van der Waals surface area contributed by atoms with E-state index in [-0.39, 0.29) is 17.4 Å². The largest absolute Gasteiger partial charge is 0.508 e. The van der Waals surface area contributed by atoms with Crippen molar-refractivity contribution < 1.29 is 32.6 Å². The molecule has 1 saturated heterocycles. The predicted molar refractivity (Wildman–Crippen MR) is 102 cm³/mol. The van der Waals surface area contributed by atoms with Gasteiger partial charge in [-0.1, -0.05) is 12.1 Å². The Morgan fingerprint density at radius 1 is 1.20 bits per heavy atom. The number of likely N-dealkylation sites (tertiary alicyclic amines) is 1. The Labute approximate surface area is 171 Å². The zero-order valence-electron chi connectivity index (χ0n) is 16.1. The molecule has 1 aliphatic heterocycles. The number of halogens is 3. The molecule has 2 aromatic carbocycles. The molecular weight excluding hydrogens is 401 g/mol. The zero-order valence-corrected chi connectivity index (χ0v) is 16.1. The van der Waals surface area contributed by atoms with Gasteiger partial charge >= 0.3 is 12.1 Å². The molecule has 2 atom stereocenters. The molecule has 0 aliphatic carbocycles. The SMILES string of the molecule is COC(=O)[C@@H]1C[C@@H](NC(=O)c2ccc(C(F)(F)F)cc2)CN1Cc1cccc(O)c1. The molecule has 0 unspecified atom stereocenters. The smallest absolute Gasteiger partial charge is 0.416 e. The predicted octanol–water partition coefficient (Wildman–Crippen LogP) is 2.96. The van der Waals surface area contributed by atoms with Crippen LogP contribution < -0.4 is 5.32 Å². The minimum absolute atomic E-state index is 0.101. The first-order valence-electron chi connectivity index (χ1n) is 9.25. The number of benzene rings is 2. The van der Waals surface area contributed by atoms with Gasteiger partial charge in [-0.25, -0.2) is 0 Å². The van der Waals surface area contributed by atoms with E-state index in [0.717, 1.165) is 29.8 Å². The summed E-state index contributed by atoms with van der Waals surface area (Å²) >= 11 is 0. The lowest BCUT2D eigenvalue weighted by Crippen LogP contribution is -2.37. The van der Waals surface area contributed by atoms with Crippen LogP contribution in [0.15, 0.2) is 48.5 Å². The lowest BCUT2D eigenvalue weighted by molar-refractivity contribution is -0.146. The molecule has 2 aromatic rings. The standard InChI is InChI=1S/C21H21F3N2O4/c1-30-20(29)18-10-16(12-26(18)11-13-3-2-4-17(27)9-13)25-19(28)14-5-7-15(8-6-14)21(22,23)24/h2-9,16,18,27H,10-12H2,1H3,(H,25,28)/t16-,18+/m1/s1. The van der Waals surface area contributed by atoms with E-state index in [0.29, 0.717) is 19.5 Å². The monoisotopic (exact) mass is 422 g/mol. The fraction of sp³-hybridized carbons (Fsp3) is 0.333. The van der Waals surface area contributed by atoms with Gasteiger partial charge in [0.25, 0.3) is 5.91 Å². The fourth-order valence-corrected chi connectivity index (χ4v) is 3.53. The number of ether oxygens (including phenoxy) is 1. The maximum Gasteiger partial charge on any atom is 0.416 e. The summed E-state index contributed by atoms with van der Waals surface area (Å²) in [6.07, 6.45) is -4.17. The third-order valence-corrected chi connectivity index (χ3v) is 4.98. The molecule has 160 valence electrons.